The van der Waals surface area contributed by atoms with E-state index >= 15 is 0 Å². The van der Waals surface area contributed by atoms with Crippen molar-refractivity contribution in [3.63, 3.8) is 0 Å². The molecular weight excluding hydrogens is 196 g/mol. The van der Waals surface area contributed by atoms with Crippen LogP contribution in [0.2, 0.25) is 0 Å². The Bertz CT molecular complexity index is 205. The van der Waals surface area contributed by atoms with Gasteiger partial charge in [-0.15, -0.1) is 0 Å². The Morgan fingerprint density at radius 1 is 1.25 bits per heavy atom. The molecule has 94 valence electrons. The third kappa shape index (κ3) is 3.46. The van der Waals surface area contributed by atoms with Gasteiger partial charge in [0.05, 0.1) is 0 Å². The molecule has 0 bridgehead atoms. The van der Waals surface area contributed by atoms with Gasteiger partial charge in [-0.3, -0.25) is 0 Å². The number of hydrogen-bond acceptors (Lipinski definition) is 2. The summed E-state index contributed by atoms with van der Waals surface area (Å²) in [6.45, 7) is 3.83. The minimum atomic E-state index is 0.638. The average Bonchev–Trinajstić information content (AvgIpc) is 2.82. The molecule has 0 aromatic rings. The van der Waals surface area contributed by atoms with Crippen molar-refractivity contribution >= 4 is 0 Å². The van der Waals surface area contributed by atoms with Gasteiger partial charge in [0.15, 0.2) is 0 Å². The van der Waals surface area contributed by atoms with Gasteiger partial charge >= 0.3 is 0 Å². The molecule has 2 heteroatoms. The topological polar surface area (TPSA) is 15.3 Å². The SMILES string of the molecule is CNCC1(CN(C)CCC2CCCC2)CC1. The van der Waals surface area contributed by atoms with E-state index in [2.05, 4.69) is 24.3 Å². The summed E-state index contributed by atoms with van der Waals surface area (Å²) in [5.41, 5.74) is 0.638. The zero-order valence-electron chi connectivity index (χ0n) is 11.1. The van der Waals surface area contributed by atoms with E-state index in [1.807, 2.05) is 0 Å². The van der Waals surface area contributed by atoms with Crippen molar-refractivity contribution in [2.24, 2.45) is 11.3 Å². The molecule has 0 saturated heterocycles. The quantitative estimate of drug-likeness (QED) is 0.715. The lowest BCUT2D eigenvalue weighted by Crippen LogP contribution is -2.33. The molecule has 2 aliphatic carbocycles. The third-order valence-corrected chi connectivity index (χ3v) is 4.51. The van der Waals surface area contributed by atoms with Crippen LogP contribution in [0.1, 0.15) is 44.9 Å². The van der Waals surface area contributed by atoms with Crippen LogP contribution < -0.4 is 5.32 Å². The van der Waals surface area contributed by atoms with Crippen LogP contribution in [0, 0.1) is 11.3 Å². The third-order valence-electron chi connectivity index (χ3n) is 4.51. The monoisotopic (exact) mass is 224 g/mol. The highest BCUT2D eigenvalue weighted by atomic mass is 15.1. The highest BCUT2D eigenvalue weighted by Crippen LogP contribution is 2.45. The van der Waals surface area contributed by atoms with Crippen molar-refractivity contribution < 1.29 is 0 Å². The molecule has 1 N–H and O–H groups in total. The van der Waals surface area contributed by atoms with E-state index in [0.717, 1.165) is 5.92 Å². The molecule has 0 aliphatic heterocycles. The van der Waals surface area contributed by atoms with E-state index in [0.29, 0.717) is 5.41 Å². The van der Waals surface area contributed by atoms with E-state index in [9.17, 15) is 0 Å². The fourth-order valence-electron chi connectivity index (χ4n) is 3.30. The van der Waals surface area contributed by atoms with E-state index < -0.39 is 0 Å². The Hall–Kier alpha value is -0.0800. The number of nitrogens with zero attached hydrogens (tertiary/aromatic N) is 1. The summed E-state index contributed by atoms with van der Waals surface area (Å²) < 4.78 is 0. The molecule has 2 fully saturated rings. The lowest BCUT2D eigenvalue weighted by atomic mass is 10.0. The average molecular weight is 224 g/mol. The predicted molar refractivity (Wildman–Crippen MR) is 69.7 cm³/mol. The second-order valence-electron chi connectivity index (χ2n) is 6.21. The molecule has 0 atom stereocenters. The first kappa shape index (κ1) is 12.4. The van der Waals surface area contributed by atoms with Crippen LogP contribution in [-0.4, -0.2) is 38.6 Å². The van der Waals surface area contributed by atoms with Crippen molar-refractivity contribution in [2.45, 2.75) is 44.9 Å². The molecule has 16 heavy (non-hydrogen) atoms. The van der Waals surface area contributed by atoms with E-state index in [-0.39, 0.29) is 0 Å². The van der Waals surface area contributed by atoms with Crippen LogP contribution in [0.4, 0.5) is 0 Å². The zero-order chi connectivity index (χ0) is 11.4. The maximum atomic E-state index is 3.35. The second kappa shape index (κ2) is 5.50. The second-order valence-corrected chi connectivity index (χ2v) is 6.21. The van der Waals surface area contributed by atoms with Gasteiger partial charge < -0.3 is 10.2 Å². The molecule has 2 saturated carbocycles. The Morgan fingerprint density at radius 2 is 1.94 bits per heavy atom. The Kier molecular flexibility index (Phi) is 4.26. The number of hydrogen-bond donors (Lipinski definition) is 1. The van der Waals surface area contributed by atoms with Gasteiger partial charge in [-0.05, 0) is 51.2 Å². The first-order chi connectivity index (χ1) is 7.74. The normalized spacial score (nSPS) is 24.2. The summed E-state index contributed by atoms with van der Waals surface area (Å²) in [5.74, 6) is 1.04. The highest BCUT2D eigenvalue weighted by molar-refractivity contribution is 4.96. The molecule has 0 aromatic carbocycles. The summed E-state index contributed by atoms with van der Waals surface area (Å²) in [5, 5.41) is 3.35. The van der Waals surface area contributed by atoms with E-state index in [1.165, 1.54) is 64.6 Å². The summed E-state index contributed by atoms with van der Waals surface area (Å²) in [7, 11) is 4.39. The Balaban J connectivity index is 1.62. The van der Waals surface area contributed by atoms with Crippen LogP contribution in [0.15, 0.2) is 0 Å². The fourth-order valence-corrected chi connectivity index (χ4v) is 3.30. The molecule has 0 aromatic heterocycles. The molecule has 2 nitrogen and oxygen atoms in total. The minimum Gasteiger partial charge on any atom is -0.319 e. The number of rotatable bonds is 7. The first-order valence-electron chi connectivity index (χ1n) is 7.07. The molecular formula is C14H28N2. The molecule has 0 spiro atoms. The van der Waals surface area contributed by atoms with Gasteiger partial charge in [0.1, 0.15) is 0 Å². The molecule has 2 aliphatic rings. The van der Waals surface area contributed by atoms with Crippen molar-refractivity contribution in [2.75, 3.05) is 33.7 Å². The summed E-state index contributed by atoms with van der Waals surface area (Å²) >= 11 is 0. The van der Waals surface area contributed by atoms with Crippen molar-refractivity contribution in [1.82, 2.24) is 10.2 Å². The molecule has 0 amide bonds. The largest absolute Gasteiger partial charge is 0.319 e. The van der Waals surface area contributed by atoms with Crippen LogP contribution in [-0.2, 0) is 0 Å². The number of nitrogens with one attached hydrogen (secondary N) is 1. The van der Waals surface area contributed by atoms with Crippen LogP contribution in [0.3, 0.4) is 0 Å². The van der Waals surface area contributed by atoms with Gasteiger partial charge in [-0.1, -0.05) is 25.7 Å². The summed E-state index contributed by atoms with van der Waals surface area (Å²) in [4.78, 5) is 2.57. The molecule has 0 heterocycles. The van der Waals surface area contributed by atoms with Gasteiger partial charge in [-0.25, -0.2) is 0 Å². The summed E-state index contributed by atoms with van der Waals surface area (Å²) in [6.07, 6.45) is 10.3. The Labute approximate surface area is 101 Å². The van der Waals surface area contributed by atoms with Crippen molar-refractivity contribution in [3.8, 4) is 0 Å². The van der Waals surface area contributed by atoms with Crippen LogP contribution in [0.5, 0.6) is 0 Å². The van der Waals surface area contributed by atoms with Crippen LogP contribution >= 0.6 is 0 Å². The maximum Gasteiger partial charge on any atom is 0.00471 e. The highest BCUT2D eigenvalue weighted by Gasteiger charge is 2.42. The van der Waals surface area contributed by atoms with E-state index in [4.69, 9.17) is 0 Å². The lowest BCUT2D eigenvalue weighted by molar-refractivity contribution is 0.242. The molecule has 0 radical (unpaired) electrons. The van der Waals surface area contributed by atoms with Gasteiger partial charge in [0.25, 0.3) is 0 Å². The van der Waals surface area contributed by atoms with Gasteiger partial charge in [0.2, 0.25) is 0 Å². The smallest absolute Gasteiger partial charge is 0.00471 e. The van der Waals surface area contributed by atoms with Gasteiger partial charge in [-0.2, -0.15) is 0 Å². The summed E-state index contributed by atoms with van der Waals surface area (Å²) in [6, 6.07) is 0. The maximum absolute atomic E-state index is 3.35. The molecule has 2 rings (SSSR count). The molecule has 0 unspecified atom stereocenters. The first-order valence-corrected chi connectivity index (χ1v) is 7.07. The van der Waals surface area contributed by atoms with Crippen molar-refractivity contribution in [3.05, 3.63) is 0 Å². The van der Waals surface area contributed by atoms with Crippen molar-refractivity contribution in [1.29, 1.82) is 0 Å². The zero-order valence-corrected chi connectivity index (χ0v) is 11.1. The predicted octanol–water partition coefficient (Wildman–Crippen LogP) is 2.50. The standard InChI is InChI=1S/C14H28N2/c1-15-11-14(8-9-14)12-16(2)10-7-13-5-3-4-6-13/h13,15H,3-12H2,1-2H3. The Morgan fingerprint density at radius 3 is 2.50 bits per heavy atom. The lowest BCUT2D eigenvalue weighted by Gasteiger charge is -2.24. The fraction of sp³-hybridized carbons (Fsp3) is 1.00. The minimum absolute atomic E-state index is 0.638. The van der Waals surface area contributed by atoms with Crippen LogP contribution in [0.25, 0.3) is 0 Å². The van der Waals surface area contributed by atoms with E-state index in [1.54, 1.807) is 0 Å². The van der Waals surface area contributed by atoms with Gasteiger partial charge in [0, 0.05) is 13.1 Å².